The molecule has 4 heteroatoms. The fourth-order valence-corrected chi connectivity index (χ4v) is 0.861. The monoisotopic (exact) mass is 236 g/mol. The van der Waals surface area contributed by atoms with E-state index in [1.165, 1.54) is 0 Å². The second-order valence-corrected chi connectivity index (χ2v) is 4.08. The van der Waals surface area contributed by atoms with E-state index >= 15 is 0 Å². The van der Waals surface area contributed by atoms with Gasteiger partial charge in [0.05, 0.1) is 4.83 Å². The van der Waals surface area contributed by atoms with Gasteiger partial charge in [0.15, 0.2) is 0 Å². The molecule has 0 saturated heterocycles. The van der Waals surface area contributed by atoms with E-state index in [4.69, 9.17) is 0 Å². The van der Waals surface area contributed by atoms with Crippen LogP contribution < -0.4 is 5.32 Å². The van der Waals surface area contributed by atoms with E-state index in [-0.39, 0.29) is 10.7 Å². The molecule has 1 unspecified atom stereocenters. The van der Waals surface area contributed by atoms with Crippen LogP contribution in [0.2, 0.25) is 0 Å². The van der Waals surface area contributed by atoms with E-state index in [0.717, 1.165) is 13.0 Å². The standard InChI is InChI=1S/C8H17BrN2O/c1-4-7(9)8(12)10-5-6-11(2)3/h7H,4-6H2,1-3H3,(H,10,12). The van der Waals surface area contributed by atoms with Crippen molar-refractivity contribution in [2.75, 3.05) is 27.2 Å². The quantitative estimate of drug-likeness (QED) is 0.718. The van der Waals surface area contributed by atoms with Crippen molar-refractivity contribution in [2.45, 2.75) is 18.2 Å². The minimum atomic E-state index is -0.0420. The van der Waals surface area contributed by atoms with E-state index in [1.54, 1.807) is 0 Å². The number of nitrogens with zero attached hydrogens (tertiary/aromatic N) is 1. The third-order valence-corrected chi connectivity index (χ3v) is 2.56. The predicted molar refractivity (Wildman–Crippen MR) is 54.6 cm³/mol. The van der Waals surface area contributed by atoms with Crippen molar-refractivity contribution in [1.29, 1.82) is 0 Å². The summed E-state index contributed by atoms with van der Waals surface area (Å²) in [7, 11) is 3.97. The number of alkyl halides is 1. The smallest absolute Gasteiger partial charge is 0.233 e. The molecule has 0 aromatic rings. The first-order valence-corrected chi connectivity index (χ1v) is 5.06. The maximum atomic E-state index is 11.2. The summed E-state index contributed by atoms with van der Waals surface area (Å²) < 4.78 is 0. The van der Waals surface area contributed by atoms with Crippen LogP contribution in [0, 0.1) is 0 Å². The van der Waals surface area contributed by atoms with Gasteiger partial charge in [-0.3, -0.25) is 4.79 Å². The molecule has 0 rings (SSSR count). The molecule has 0 heterocycles. The van der Waals surface area contributed by atoms with Crippen LogP contribution in [-0.2, 0) is 4.79 Å². The maximum absolute atomic E-state index is 11.2. The molecule has 0 aromatic heterocycles. The summed E-state index contributed by atoms with van der Waals surface area (Å²) in [5.74, 6) is 0.0827. The van der Waals surface area contributed by atoms with Crippen LogP contribution in [0.4, 0.5) is 0 Å². The second kappa shape index (κ2) is 6.43. The van der Waals surface area contributed by atoms with E-state index in [9.17, 15) is 4.79 Å². The molecular formula is C8H17BrN2O. The molecular weight excluding hydrogens is 220 g/mol. The number of carbonyl (C=O) groups is 1. The van der Waals surface area contributed by atoms with Gasteiger partial charge in [-0.25, -0.2) is 0 Å². The summed E-state index contributed by atoms with van der Waals surface area (Å²) in [6.45, 7) is 3.58. The highest BCUT2D eigenvalue weighted by Crippen LogP contribution is 2.02. The molecule has 3 nitrogen and oxygen atoms in total. The zero-order valence-corrected chi connectivity index (χ0v) is 9.52. The van der Waals surface area contributed by atoms with Crippen LogP contribution >= 0.6 is 15.9 Å². The van der Waals surface area contributed by atoms with Crippen molar-refractivity contribution in [1.82, 2.24) is 10.2 Å². The Balaban J connectivity index is 3.44. The van der Waals surface area contributed by atoms with Gasteiger partial charge in [0.25, 0.3) is 0 Å². The highest BCUT2D eigenvalue weighted by Gasteiger charge is 2.10. The zero-order chi connectivity index (χ0) is 9.56. The molecule has 0 aromatic carbocycles. The minimum absolute atomic E-state index is 0.0420. The summed E-state index contributed by atoms with van der Waals surface area (Å²) in [5, 5.41) is 2.84. The Labute approximate surface area is 82.6 Å². The molecule has 1 amide bonds. The zero-order valence-electron chi connectivity index (χ0n) is 7.93. The average Bonchev–Trinajstić information content (AvgIpc) is 2.02. The summed E-state index contributed by atoms with van der Waals surface area (Å²) in [6, 6.07) is 0. The van der Waals surface area contributed by atoms with Crippen molar-refractivity contribution in [2.24, 2.45) is 0 Å². The Morgan fingerprint density at radius 3 is 2.58 bits per heavy atom. The fourth-order valence-electron chi connectivity index (χ4n) is 0.699. The van der Waals surface area contributed by atoms with Crippen LogP contribution in [0.15, 0.2) is 0 Å². The lowest BCUT2D eigenvalue weighted by molar-refractivity contribution is -0.120. The van der Waals surface area contributed by atoms with Gasteiger partial charge < -0.3 is 10.2 Å². The van der Waals surface area contributed by atoms with Gasteiger partial charge in [0.1, 0.15) is 0 Å². The lowest BCUT2D eigenvalue weighted by Gasteiger charge is -2.11. The summed E-state index contributed by atoms with van der Waals surface area (Å²) in [5.41, 5.74) is 0. The number of hydrogen-bond acceptors (Lipinski definition) is 2. The molecule has 0 aliphatic heterocycles. The number of amides is 1. The van der Waals surface area contributed by atoms with Crippen LogP contribution in [0.25, 0.3) is 0 Å². The highest BCUT2D eigenvalue weighted by molar-refractivity contribution is 9.10. The molecule has 72 valence electrons. The van der Waals surface area contributed by atoms with Crippen LogP contribution in [-0.4, -0.2) is 42.8 Å². The first-order valence-electron chi connectivity index (χ1n) is 4.14. The maximum Gasteiger partial charge on any atom is 0.233 e. The SMILES string of the molecule is CCC(Br)C(=O)NCCN(C)C. The van der Waals surface area contributed by atoms with E-state index in [1.807, 2.05) is 25.9 Å². The third kappa shape index (κ3) is 5.55. The molecule has 12 heavy (non-hydrogen) atoms. The molecule has 0 aliphatic rings. The van der Waals surface area contributed by atoms with Gasteiger partial charge in [-0.2, -0.15) is 0 Å². The van der Waals surface area contributed by atoms with E-state index in [0.29, 0.717) is 6.54 Å². The Kier molecular flexibility index (Phi) is 6.38. The third-order valence-electron chi connectivity index (χ3n) is 1.50. The van der Waals surface area contributed by atoms with Gasteiger partial charge in [-0.15, -0.1) is 0 Å². The second-order valence-electron chi connectivity index (χ2n) is 2.97. The summed E-state index contributed by atoms with van der Waals surface area (Å²) in [6.07, 6.45) is 0.827. The van der Waals surface area contributed by atoms with Gasteiger partial charge in [0, 0.05) is 13.1 Å². The molecule has 0 bridgehead atoms. The molecule has 0 fully saturated rings. The van der Waals surface area contributed by atoms with Gasteiger partial charge >= 0.3 is 0 Å². The highest BCUT2D eigenvalue weighted by atomic mass is 79.9. The molecule has 1 atom stereocenters. The molecule has 0 radical (unpaired) electrons. The Bertz CT molecular complexity index is 139. The Hall–Kier alpha value is -0.0900. The van der Waals surface area contributed by atoms with Crippen molar-refractivity contribution in [3.63, 3.8) is 0 Å². The predicted octanol–water partition coefficient (Wildman–Crippen LogP) is 0.838. The Morgan fingerprint density at radius 1 is 1.58 bits per heavy atom. The van der Waals surface area contributed by atoms with Gasteiger partial charge in [-0.05, 0) is 20.5 Å². The number of nitrogens with one attached hydrogen (secondary N) is 1. The lowest BCUT2D eigenvalue weighted by atomic mass is 10.3. The topological polar surface area (TPSA) is 32.3 Å². The van der Waals surface area contributed by atoms with Crippen molar-refractivity contribution in [3.8, 4) is 0 Å². The molecule has 0 spiro atoms. The number of hydrogen-bond donors (Lipinski definition) is 1. The molecule has 0 aliphatic carbocycles. The van der Waals surface area contributed by atoms with Crippen LogP contribution in [0.1, 0.15) is 13.3 Å². The van der Waals surface area contributed by atoms with Gasteiger partial charge in [0.2, 0.25) is 5.91 Å². The lowest BCUT2D eigenvalue weighted by Crippen LogP contribution is -2.35. The van der Waals surface area contributed by atoms with Crippen molar-refractivity contribution < 1.29 is 4.79 Å². The summed E-state index contributed by atoms with van der Waals surface area (Å²) in [4.78, 5) is 13.2. The number of rotatable bonds is 5. The first-order chi connectivity index (χ1) is 5.57. The number of likely N-dealkylation sites (N-methyl/N-ethyl adjacent to an activating group) is 1. The Morgan fingerprint density at radius 2 is 2.17 bits per heavy atom. The number of carbonyl (C=O) groups excluding carboxylic acids is 1. The van der Waals surface area contributed by atoms with Crippen LogP contribution in [0.3, 0.4) is 0 Å². The molecule has 1 N–H and O–H groups in total. The summed E-state index contributed by atoms with van der Waals surface area (Å²) >= 11 is 3.28. The van der Waals surface area contributed by atoms with E-state index < -0.39 is 0 Å². The van der Waals surface area contributed by atoms with Crippen molar-refractivity contribution >= 4 is 21.8 Å². The van der Waals surface area contributed by atoms with Crippen LogP contribution in [0.5, 0.6) is 0 Å². The number of halogens is 1. The first kappa shape index (κ1) is 11.9. The molecule has 0 saturated carbocycles. The minimum Gasteiger partial charge on any atom is -0.354 e. The average molecular weight is 237 g/mol. The van der Waals surface area contributed by atoms with Gasteiger partial charge in [-0.1, -0.05) is 22.9 Å². The van der Waals surface area contributed by atoms with Crippen molar-refractivity contribution in [3.05, 3.63) is 0 Å². The fraction of sp³-hybridized carbons (Fsp3) is 0.875. The van der Waals surface area contributed by atoms with E-state index in [2.05, 4.69) is 21.2 Å². The normalized spacial score (nSPS) is 13.1. The largest absolute Gasteiger partial charge is 0.354 e.